The normalized spacial score (nSPS) is 14.4. The van der Waals surface area contributed by atoms with Crippen molar-refractivity contribution in [2.45, 2.75) is 27.2 Å². The van der Waals surface area contributed by atoms with E-state index < -0.39 is 11.3 Å². The highest BCUT2D eigenvalue weighted by Gasteiger charge is 2.05. The van der Waals surface area contributed by atoms with E-state index in [0.717, 1.165) is 6.42 Å². The number of nitrogens with zero attached hydrogens (tertiary/aromatic N) is 1. The minimum Gasteiger partial charge on any atom is -0.760 e. The molecule has 0 saturated heterocycles. The molecule has 68 valence electrons. The highest BCUT2D eigenvalue weighted by molar-refractivity contribution is 7.76. The van der Waals surface area contributed by atoms with Gasteiger partial charge in [-0.25, -0.2) is 4.31 Å². The Kier molecular flexibility index (Phi) is 5.72. The van der Waals surface area contributed by atoms with Crippen molar-refractivity contribution in [3.8, 4) is 0 Å². The van der Waals surface area contributed by atoms with Crippen LogP contribution in [-0.2, 0) is 11.3 Å². The number of rotatable bonds is 5. The van der Waals surface area contributed by atoms with E-state index in [2.05, 4.69) is 0 Å². The fraction of sp³-hybridized carbons (Fsp3) is 1.00. The molecule has 0 heterocycles. The number of hydrogen-bond donors (Lipinski definition) is 0. The lowest BCUT2D eigenvalue weighted by Crippen LogP contribution is -2.30. The first kappa shape index (κ1) is 11.1. The summed E-state index contributed by atoms with van der Waals surface area (Å²) in [5, 5.41) is 0. The smallest absolute Gasteiger partial charge is 0.0209 e. The van der Waals surface area contributed by atoms with E-state index >= 15 is 0 Å². The molecule has 3 nitrogen and oxygen atoms in total. The standard InChI is InChI=1S/C7H17NO2S/c1-4-5-8(11(9)10)6-7(2)3/h7H,4-6H2,1-3H3,(H,9,10)/p-1. The summed E-state index contributed by atoms with van der Waals surface area (Å²) in [5.74, 6) is 0.402. The van der Waals surface area contributed by atoms with Crippen LogP contribution in [0.25, 0.3) is 0 Å². The summed E-state index contributed by atoms with van der Waals surface area (Å²) >= 11 is -2.04. The summed E-state index contributed by atoms with van der Waals surface area (Å²) < 4.78 is 22.6. The van der Waals surface area contributed by atoms with Crippen LogP contribution in [-0.4, -0.2) is 26.2 Å². The third-order valence-corrected chi connectivity index (χ3v) is 2.01. The van der Waals surface area contributed by atoms with E-state index in [9.17, 15) is 8.76 Å². The summed E-state index contributed by atoms with van der Waals surface area (Å²) in [5.41, 5.74) is 0. The molecule has 11 heavy (non-hydrogen) atoms. The summed E-state index contributed by atoms with van der Waals surface area (Å²) in [6.45, 7) is 7.25. The van der Waals surface area contributed by atoms with Gasteiger partial charge in [-0.05, 0) is 12.3 Å². The molecule has 0 aromatic heterocycles. The molecule has 4 heteroatoms. The fourth-order valence-corrected chi connectivity index (χ4v) is 1.63. The van der Waals surface area contributed by atoms with Crippen molar-refractivity contribution in [2.24, 2.45) is 5.92 Å². The predicted octanol–water partition coefficient (Wildman–Crippen LogP) is 1.15. The van der Waals surface area contributed by atoms with Crippen LogP contribution in [0.15, 0.2) is 0 Å². The van der Waals surface area contributed by atoms with E-state index in [-0.39, 0.29) is 0 Å². The van der Waals surface area contributed by atoms with Crippen LogP contribution in [0.1, 0.15) is 27.2 Å². The highest BCUT2D eigenvalue weighted by atomic mass is 32.2. The van der Waals surface area contributed by atoms with Gasteiger partial charge in [-0.3, -0.25) is 4.21 Å². The zero-order valence-corrected chi connectivity index (χ0v) is 8.19. The predicted molar refractivity (Wildman–Crippen MR) is 45.6 cm³/mol. The third kappa shape index (κ3) is 5.35. The Morgan fingerprint density at radius 1 is 1.55 bits per heavy atom. The first-order valence-electron chi connectivity index (χ1n) is 3.92. The summed E-state index contributed by atoms with van der Waals surface area (Å²) in [7, 11) is 0. The van der Waals surface area contributed by atoms with Crippen molar-refractivity contribution >= 4 is 11.3 Å². The topological polar surface area (TPSA) is 43.4 Å². The maximum atomic E-state index is 10.6. The van der Waals surface area contributed by atoms with Gasteiger partial charge in [0, 0.05) is 24.4 Å². The van der Waals surface area contributed by atoms with Gasteiger partial charge in [0.1, 0.15) is 0 Å². The zero-order chi connectivity index (χ0) is 8.85. The molecule has 0 aliphatic carbocycles. The third-order valence-electron chi connectivity index (χ3n) is 1.25. The summed E-state index contributed by atoms with van der Waals surface area (Å²) in [6.07, 6.45) is 0.876. The molecule has 0 aliphatic heterocycles. The Labute approximate surface area is 71.2 Å². The van der Waals surface area contributed by atoms with E-state index in [1.165, 1.54) is 4.31 Å². The van der Waals surface area contributed by atoms with Gasteiger partial charge < -0.3 is 4.55 Å². The molecule has 0 rings (SSSR count). The van der Waals surface area contributed by atoms with Crippen LogP contribution in [0.3, 0.4) is 0 Å². The van der Waals surface area contributed by atoms with Gasteiger partial charge in [0.15, 0.2) is 0 Å². The monoisotopic (exact) mass is 178 g/mol. The Balaban J connectivity index is 3.79. The molecule has 1 atom stereocenters. The molecule has 0 aromatic carbocycles. The van der Waals surface area contributed by atoms with Crippen molar-refractivity contribution in [3.63, 3.8) is 0 Å². The minimum atomic E-state index is -2.04. The fourth-order valence-electron chi connectivity index (χ4n) is 0.883. The van der Waals surface area contributed by atoms with Crippen LogP contribution in [0.5, 0.6) is 0 Å². The largest absolute Gasteiger partial charge is 0.760 e. The van der Waals surface area contributed by atoms with Crippen molar-refractivity contribution < 1.29 is 8.76 Å². The van der Waals surface area contributed by atoms with E-state index in [0.29, 0.717) is 19.0 Å². The molecule has 1 unspecified atom stereocenters. The molecule has 0 amide bonds. The molecular weight excluding hydrogens is 162 g/mol. The SMILES string of the molecule is CCCN(CC(C)C)S(=O)[O-]. The molecule has 0 bridgehead atoms. The maximum absolute atomic E-state index is 10.6. The second kappa shape index (κ2) is 5.69. The van der Waals surface area contributed by atoms with Gasteiger partial charge in [-0.2, -0.15) is 0 Å². The molecule has 0 saturated carbocycles. The van der Waals surface area contributed by atoms with Gasteiger partial charge in [0.25, 0.3) is 0 Å². The van der Waals surface area contributed by atoms with Gasteiger partial charge in [0.2, 0.25) is 0 Å². The zero-order valence-electron chi connectivity index (χ0n) is 7.37. The van der Waals surface area contributed by atoms with Crippen molar-refractivity contribution in [1.82, 2.24) is 4.31 Å². The highest BCUT2D eigenvalue weighted by Crippen LogP contribution is 2.01. The van der Waals surface area contributed by atoms with Gasteiger partial charge in [-0.15, -0.1) is 0 Å². The lowest BCUT2D eigenvalue weighted by molar-refractivity contribution is 0.351. The van der Waals surface area contributed by atoms with Crippen molar-refractivity contribution in [2.75, 3.05) is 13.1 Å². The van der Waals surface area contributed by atoms with Gasteiger partial charge in [-0.1, -0.05) is 20.8 Å². The second-order valence-corrected chi connectivity index (χ2v) is 3.95. The van der Waals surface area contributed by atoms with E-state index in [1.54, 1.807) is 0 Å². The van der Waals surface area contributed by atoms with E-state index in [4.69, 9.17) is 0 Å². The molecule has 0 fully saturated rings. The van der Waals surface area contributed by atoms with Crippen LogP contribution in [0, 0.1) is 5.92 Å². The van der Waals surface area contributed by atoms with Gasteiger partial charge >= 0.3 is 0 Å². The summed E-state index contributed by atoms with van der Waals surface area (Å²) in [6, 6.07) is 0. The summed E-state index contributed by atoms with van der Waals surface area (Å²) in [4.78, 5) is 0. The Hall–Kier alpha value is 0.0700. The van der Waals surface area contributed by atoms with Crippen molar-refractivity contribution in [1.29, 1.82) is 0 Å². The average molecular weight is 178 g/mol. The Morgan fingerprint density at radius 3 is 2.36 bits per heavy atom. The second-order valence-electron chi connectivity index (χ2n) is 3.00. The van der Waals surface area contributed by atoms with Gasteiger partial charge in [0.05, 0.1) is 0 Å². The van der Waals surface area contributed by atoms with Crippen LogP contribution in [0.4, 0.5) is 0 Å². The molecule has 0 aromatic rings. The van der Waals surface area contributed by atoms with Crippen molar-refractivity contribution in [3.05, 3.63) is 0 Å². The van der Waals surface area contributed by atoms with Crippen LogP contribution < -0.4 is 0 Å². The molecular formula is C7H16NO2S-. The van der Waals surface area contributed by atoms with Crippen LogP contribution >= 0.6 is 0 Å². The van der Waals surface area contributed by atoms with E-state index in [1.807, 2.05) is 20.8 Å². The lowest BCUT2D eigenvalue weighted by Gasteiger charge is -2.25. The quantitative estimate of drug-likeness (QED) is 0.593. The lowest BCUT2D eigenvalue weighted by atomic mass is 10.2. The number of hydrogen-bond acceptors (Lipinski definition) is 2. The molecule has 0 spiro atoms. The molecule has 0 N–H and O–H groups in total. The first-order valence-corrected chi connectivity index (χ1v) is 4.95. The first-order chi connectivity index (χ1) is 5.07. The molecule has 0 radical (unpaired) electrons. The minimum absolute atomic E-state index is 0.402. The Bertz CT molecular complexity index is 128. The average Bonchev–Trinajstić information content (AvgIpc) is 1.86. The van der Waals surface area contributed by atoms with Crippen LogP contribution in [0.2, 0.25) is 0 Å². The molecule has 0 aliphatic rings. The maximum Gasteiger partial charge on any atom is 0.0209 e. The Morgan fingerprint density at radius 2 is 2.09 bits per heavy atom.